The van der Waals surface area contributed by atoms with Gasteiger partial charge in [-0.3, -0.25) is 4.79 Å². The predicted molar refractivity (Wildman–Crippen MR) is 54.7 cm³/mol. The first kappa shape index (κ1) is 11.5. The Morgan fingerprint density at radius 2 is 2.00 bits per heavy atom. The number of hydrazine groups is 1. The maximum Gasteiger partial charge on any atom is 0.306 e. The van der Waals surface area contributed by atoms with E-state index in [-0.39, 0.29) is 5.97 Å². The normalized spacial score (nSPS) is 18.5. The van der Waals surface area contributed by atoms with Gasteiger partial charge in [0.2, 0.25) is 0 Å². The minimum absolute atomic E-state index is 0.131. The van der Waals surface area contributed by atoms with E-state index in [2.05, 4.69) is 14.8 Å². The van der Waals surface area contributed by atoms with Crippen LogP contribution in [0.15, 0.2) is 0 Å². The average molecular weight is 200 g/mol. The van der Waals surface area contributed by atoms with Gasteiger partial charge in [0.25, 0.3) is 0 Å². The lowest BCUT2D eigenvalue weighted by atomic mass is 10.2. The highest BCUT2D eigenvalue weighted by molar-refractivity contribution is 5.69. The van der Waals surface area contributed by atoms with E-state index in [0.717, 1.165) is 19.6 Å². The number of nitrogens with zero attached hydrogens (tertiary/aromatic N) is 2. The molecule has 82 valence electrons. The maximum absolute atomic E-state index is 10.9. The second-order valence-corrected chi connectivity index (χ2v) is 3.72. The molecule has 0 spiro atoms. The smallest absolute Gasteiger partial charge is 0.306 e. The van der Waals surface area contributed by atoms with Gasteiger partial charge in [0.05, 0.1) is 13.5 Å². The minimum Gasteiger partial charge on any atom is -0.469 e. The number of methoxy groups -OCH3 is 1. The zero-order valence-corrected chi connectivity index (χ0v) is 9.16. The molecule has 0 saturated carbocycles. The fourth-order valence-electron chi connectivity index (χ4n) is 1.72. The standard InChI is InChI=1S/C10H20N2O2/c1-11(9-6-10(13)14-2)12-7-4-3-5-8-12/h3-9H2,1-2H3. The molecule has 0 aromatic heterocycles. The molecule has 0 radical (unpaired) electrons. The Balaban J connectivity index is 2.19. The summed E-state index contributed by atoms with van der Waals surface area (Å²) in [7, 11) is 3.47. The van der Waals surface area contributed by atoms with Crippen LogP contribution in [0.2, 0.25) is 0 Å². The van der Waals surface area contributed by atoms with Crippen LogP contribution in [0.4, 0.5) is 0 Å². The van der Waals surface area contributed by atoms with Gasteiger partial charge < -0.3 is 4.74 Å². The molecule has 0 aromatic rings. The third-order valence-corrected chi connectivity index (χ3v) is 2.68. The van der Waals surface area contributed by atoms with Gasteiger partial charge in [-0.2, -0.15) is 0 Å². The maximum atomic E-state index is 10.9. The lowest BCUT2D eigenvalue weighted by Crippen LogP contribution is -2.43. The van der Waals surface area contributed by atoms with Crippen LogP contribution in [-0.2, 0) is 9.53 Å². The number of esters is 1. The third kappa shape index (κ3) is 3.64. The highest BCUT2D eigenvalue weighted by Crippen LogP contribution is 2.10. The lowest BCUT2D eigenvalue weighted by Gasteiger charge is -2.34. The van der Waals surface area contributed by atoms with Gasteiger partial charge in [0, 0.05) is 26.7 Å². The van der Waals surface area contributed by atoms with Gasteiger partial charge in [-0.1, -0.05) is 6.42 Å². The van der Waals surface area contributed by atoms with Gasteiger partial charge in [-0.25, -0.2) is 10.0 Å². The van der Waals surface area contributed by atoms with Crippen LogP contribution in [0.25, 0.3) is 0 Å². The molecule has 14 heavy (non-hydrogen) atoms. The van der Waals surface area contributed by atoms with Gasteiger partial charge in [-0.05, 0) is 12.8 Å². The zero-order valence-electron chi connectivity index (χ0n) is 9.16. The van der Waals surface area contributed by atoms with Crippen molar-refractivity contribution in [1.82, 2.24) is 10.0 Å². The number of carbonyl (C=O) groups is 1. The Labute approximate surface area is 85.8 Å². The second kappa shape index (κ2) is 5.98. The van der Waals surface area contributed by atoms with Gasteiger partial charge in [0.1, 0.15) is 0 Å². The number of hydrogen-bond donors (Lipinski definition) is 0. The molecule has 1 heterocycles. The van der Waals surface area contributed by atoms with E-state index in [0.29, 0.717) is 6.42 Å². The van der Waals surface area contributed by atoms with Crippen LogP contribution >= 0.6 is 0 Å². The Kier molecular flexibility index (Phi) is 4.90. The summed E-state index contributed by atoms with van der Waals surface area (Å²) in [6.07, 6.45) is 4.34. The van der Waals surface area contributed by atoms with Crippen LogP contribution in [0.3, 0.4) is 0 Å². The summed E-state index contributed by atoms with van der Waals surface area (Å²) in [5.74, 6) is -0.131. The molecule has 1 fully saturated rings. The molecule has 1 aliphatic heterocycles. The molecule has 4 heteroatoms. The number of ether oxygens (including phenoxy) is 1. The first-order chi connectivity index (χ1) is 6.74. The number of hydrogen-bond acceptors (Lipinski definition) is 4. The van der Waals surface area contributed by atoms with Crippen LogP contribution < -0.4 is 0 Å². The molecule has 0 aromatic carbocycles. The van der Waals surface area contributed by atoms with E-state index >= 15 is 0 Å². The Hall–Kier alpha value is -0.610. The lowest BCUT2D eigenvalue weighted by molar-refractivity contribution is -0.142. The monoisotopic (exact) mass is 200 g/mol. The van der Waals surface area contributed by atoms with Gasteiger partial charge in [0.15, 0.2) is 0 Å². The van der Waals surface area contributed by atoms with Crippen molar-refractivity contribution < 1.29 is 9.53 Å². The Morgan fingerprint density at radius 3 is 2.57 bits per heavy atom. The van der Waals surface area contributed by atoms with Gasteiger partial charge >= 0.3 is 5.97 Å². The number of rotatable bonds is 4. The summed E-state index contributed by atoms with van der Waals surface area (Å²) in [6.45, 7) is 3.00. The summed E-state index contributed by atoms with van der Waals surface area (Å²) in [6, 6.07) is 0. The van der Waals surface area contributed by atoms with E-state index in [1.807, 2.05) is 7.05 Å². The van der Waals surface area contributed by atoms with E-state index in [4.69, 9.17) is 0 Å². The molecule has 0 N–H and O–H groups in total. The van der Waals surface area contributed by atoms with Crippen LogP contribution in [0.1, 0.15) is 25.7 Å². The molecule has 1 rings (SSSR count). The quantitative estimate of drug-likeness (QED) is 0.631. The van der Waals surface area contributed by atoms with Crippen molar-refractivity contribution in [1.29, 1.82) is 0 Å². The van der Waals surface area contributed by atoms with E-state index in [1.165, 1.54) is 26.4 Å². The molecular formula is C10H20N2O2. The highest BCUT2D eigenvalue weighted by atomic mass is 16.5. The fraction of sp³-hybridized carbons (Fsp3) is 0.900. The minimum atomic E-state index is -0.131. The van der Waals surface area contributed by atoms with Gasteiger partial charge in [-0.15, -0.1) is 0 Å². The Morgan fingerprint density at radius 1 is 1.36 bits per heavy atom. The van der Waals surface area contributed by atoms with E-state index < -0.39 is 0 Å². The predicted octanol–water partition coefficient (Wildman–Crippen LogP) is 0.882. The van der Waals surface area contributed by atoms with Crippen LogP contribution in [0, 0.1) is 0 Å². The number of carbonyl (C=O) groups excluding carboxylic acids is 1. The summed E-state index contributed by atoms with van der Waals surface area (Å²) in [5, 5.41) is 4.45. The zero-order chi connectivity index (χ0) is 10.4. The van der Waals surface area contributed by atoms with Crippen molar-refractivity contribution in [2.75, 3.05) is 33.8 Å². The Bertz CT molecular complexity index is 179. The summed E-state index contributed by atoms with van der Waals surface area (Å²) < 4.78 is 4.60. The molecule has 4 nitrogen and oxygen atoms in total. The third-order valence-electron chi connectivity index (χ3n) is 2.68. The second-order valence-electron chi connectivity index (χ2n) is 3.72. The first-order valence-corrected chi connectivity index (χ1v) is 5.27. The summed E-state index contributed by atoms with van der Waals surface area (Å²) >= 11 is 0. The molecule has 0 bridgehead atoms. The van der Waals surface area contributed by atoms with Crippen molar-refractivity contribution in [3.8, 4) is 0 Å². The van der Waals surface area contributed by atoms with Crippen molar-refractivity contribution in [3.63, 3.8) is 0 Å². The van der Waals surface area contributed by atoms with E-state index in [9.17, 15) is 4.79 Å². The molecule has 0 unspecified atom stereocenters. The molecular weight excluding hydrogens is 180 g/mol. The van der Waals surface area contributed by atoms with Crippen molar-refractivity contribution in [3.05, 3.63) is 0 Å². The molecule has 1 aliphatic rings. The molecule has 0 aliphatic carbocycles. The largest absolute Gasteiger partial charge is 0.469 e. The van der Waals surface area contributed by atoms with Crippen molar-refractivity contribution in [2.45, 2.75) is 25.7 Å². The topological polar surface area (TPSA) is 32.8 Å². The van der Waals surface area contributed by atoms with Crippen LogP contribution in [0.5, 0.6) is 0 Å². The first-order valence-electron chi connectivity index (χ1n) is 5.27. The van der Waals surface area contributed by atoms with E-state index in [1.54, 1.807) is 0 Å². The number of piperidine rings is 1. The molecule has 1 saturated heterocycles. The highest BCUT2D eigenvalue weighted by Gasteiger charge is 2.15. The summed E-state index contributed by atoms with van der Waals surface area (Å²) in [5.41, 5.74) is 0. The SMILES string of the molecule is COC(=O)CCN(C)N1CCCCC1. The molecule has 0 amide bonds. The average Bonchev–Trinajstić information content (AvgIpc) is 2.26. The van der Waals surface area contributed by atoms with Crippen molar-refractivity contribution >= 4 is 5.97 Å². The summed E-state index contributed by atoms with van der Waals surface area (Å²) in [4.78, 5) is 10.9. The van der Waals surface area contributed by atoms with Crippen LogP contribution in [-0.4, -0.2) is 49.8 Å². The molecule has 0 atom stereocenters. The van der Waals surface area contributed by atoms with Crippen molar-refractivity contribution in [2.24, 2.45) is 0 Å². The fourth-order valence-corrected chi connectivity index (χ4v) is 1.72.